The fourth-order valence-corrected chi connectivity index (χ4v) is 3.77. The number of amides is 1. The van der Waals surface area contributed by atoms with Crippen molar-refractivity contribution < 1.29 is 9.53 Å². The van der Waals surface area contributed by atoms with Crippen molar-refractivity contribution in [2.75, 3.05) is 11.1 Å². The molecule has 1 heterocycles. The van der Waals surface area contributed by atoms with Crippen molar-refractivity contribution in [3.63, 3.8) is 0 Å². The Morgan fingerprint density at radius 2 is 1.93 bits per heavy atom. The molecule has 3 rings (SSSR count). The molecule has 9 heteroatoms. The summed E-state index contributed by atoms with van der Waals surface area (Å²) in [6.07, 6.45) is -0.274. The lowest BCUT2D eigenvalue weighted by Crippen LogP contribution is -2.15. The number of ether oxygens (including phenoxy) is 1. The highest BCUT2D eigenvalue weighted by molar-refractivity contribution is 7.99. The molecule has 29 heavy (non-hydrogen) atoms. The van der Waals surface area contributed by atoms with Crippen LogP contribution in [0.4, 0.5) is 5.69 Å². The molecule has 0 saturated carbocycles. The zero-order valence-corrected chi connectivity index (χ0v) is 18.3. The van der Waals surface area contributed by atoms with Crippen molar-refractivity contribution >= 4 is 46.6 Å². The molecule has 0 aliphatic rings. The minimum absolute atomic E-state index is 0.172. The summed E-state index contributed by atoms with van der Waals surface area (Å²) in [7, 11) is 0. The lowest BCUT2D eigenvalue weighted by Gasteiger charge is -2.15. The Morgan fingerprint density at radius 3 is 2.62 bits per heavy atom. The Morgan fingerprint density at radius 1 is 1.17 bits per heavy atom. The van der Waals surface area contributed by atoms with Gasteiger partial charge in [-0.1, -0.05) is 53.2 Å². The molecule has 1 amide bonds. The van der Waals surface area contributed by atoms with Gasteiger partial charge in [-0.2, -0.15) is 0 Å². The molecule has 0 fully saturated rings. The second kappa shape index (κ2) is 10.0. The van der Waals surface area contributed by atoms with Crippen LogP contribution in [-0.2, 0) is 11.3 Å². The number of carbonyl (C=O) groups is 1. The number of thioether (sulfide) groups is 1. The first-order chi connectivity index (χ1) is 14.0. The van der Waals surface area contributed by atoms with Crippen molar-refractivity contribution in [3.8, 4) is 5.75 Å². The van der Waals surface area contributed by atoms with E-state index in [2.05, 4.69) is 15.5 Å². The summed E-state index contributed by atoms with van der Waals surface area (Å²) >= 11 is 13.2. The van der Waals surface area contributed by atoms with E-state index in [4.69, 9.17) is 27.9 Å². The molecule has 1 atom stereocenters. The molecule has 2 aromatic carbocycles. The molecule has 0 spiro atoms. The zero-order valence-electron chi connectivity index (χ0n) is 15.9. The first-order valence-corrected chi connectivity index (χ1v) is 10.7. The zero-order chi connectivity index (χ0) is 20.8. The standard InChI is InChI=1S/C20H20Cl2N4O2S/c1-3-26-19(13(2)28-15-7-5-4-6-8-15)24-25-20(26)29-12-18(27)23-14-9-10-16(21)17(22)11-14/h4-11,13H,3,12H2,1-2H3,(H,23,27)/t13-/m0/s1. The number of hydrogen-bond donors (Lipinski definition) is 1. The van der Waals surface area contributed by atoms with Gasteiger partial charge in [-0.15, -0.1) is 10.2 Å². The summed E-state index contributed by atoms with van der Waals surface area (Å²) in [6, 6.07) is 14.5. The third-order valence-corrected chi connectivity index (χ3v) is 5.72. The summed E-state index contributed by atoms with van der Waals surface area (Å²) < 4.78 is 7.90. The van der Waals surface area contributed by atoms with Gasteiger partial charge < -0.3 is 14.6 Å². The van der Waals surface area contributed by atoms with E-state index in [1.54, 1.807) is 18.2 Å². The lowest BCUT2D eigenvalue weighted by atomic mass is 10.3. The van der Waals surface area contributed by atoms with Gasteiger partial charge in [-0.05, 0) is 44.2 Å². The number of benzene rings is 2. The van der Waals surface area contributed by atoms with E-state index in [-0.39, 0.29) is 17.8 Å². The number of halogens is 2. The fraction of sp³-hybridized carbons (Fsp3) is 0.250. The Kier molecular flexibility index (Phi) is 7.41. The Labute approximate surface area is 183 Å². The molecule has 6 nitrogen and oxygen atoms in total. The lowest BCUT2D eigenvalue weighted by molar-refractivity contribution is -0.113. The number of aromatic nitrogens is 3. The molecule has 1 aromatic heterocycles. The van der Waals surface area contributed by atoms with Crippen LogP contribution in [0.1, 0.15) is 25.8 Å². The van der Waals surface area contributed by atoms with E-state index < -0.39 is 0 Å². The highest BCUT2D eigenvalue weighted by Crippen LogP contribution is 2.26. The molecule has 0 radical (unpaired) electrons. The Bertz CT molecular complexity index is 982. The minimum atomic E-state index is -0.274. The molecule has 3 aromatic rings. The van der Waals surface area contributed by atoms with Gasteiger partial charge in [-0.3, -0.25) is 4.79 Å². The molecule has 0 aliphatic heterocycles. The Balaban J connectivity index is 1.62. The maximum absolute atomic E-state index is 12.3. The summed E-state index contributed by atoms with van der Waals surface area (Å²) in [5, 5.41) is 12.8. The van der Waals surface area contributed by atoms with E-state index in [9.17, 15) is 4.79 Å². The second-order valence-electron chi connectivity index (χ2n) is 6.12. The summed E-state index contributed by atoms with van der Waals surface area (Å²) in [6.45, 7) is 4.60. The van der Waals surface area contributed by atoms with Gasteiger partial charge in [0.25, 0.3) is 0 Å². The first kappa shape index (κ1) is 21.5. The van der Waals surface area contributed by atoms with Gasteiger partial charge in [0, 0.05) is 12.2 Å². The van der Waals surface area contributed by atoms with Crippen LogP contribution in [0, 0.1) is 0 Å². The maximum atomic E-state index is 12.3. The van der Waals surface area contributed by atoms with Gasteiger partial charge in [0.05, 0.1) is 15.8 Å². The van der Waals surface area contributed by atoms with E-state index in [0.717, 1.165) is 5.75 Å². The highest BCUT2D eigenvalue weighted by atomic mass is 35.5. The van der Waals surface area contributed by atoms with Crippen LogP contribution >= 0.6 is 35.0 Å². The summed E-state index contributed by atoms with van der Waals surface area (Å²) in [5.41, 5.74) is 0.590. The topological polar surface area (TPSA) is 69.0 Å². The fourth-order valence-electron chi connectivity index (χ4n) is 2.66. The number of nitrogens with one attached hydrogen (secondary N) is 1. The minimum Gasteiger partial charge on any atom is -0.483 e. The van der Waals surface area contributed by atoms with Crippen LogP contribution in [0.3, 0.4) is 0 Å². The largest absolute Gasteiger partial charge is 0.483 e. The molecule has 0 aliphatic carbocycles. The van der Waals surface area contributed by atoms with E-state index in [1.807, 2.05) is 48.7 Å². The first-order valence-electron chi connectivity index (χ1n) is 9.00. The van der Waals surface area contributed by atoms with Gasteiger partial charge in [0.2, 0.25) is 5.91 Å². The highest BCUT2D eigenvalue weighted by Gasteiger charge is 2.19. The van der Waals surface area contributed by atoms with Gasteiger partial charge >= 0.3 is 0 Å². The van der Waals surface area contributed by atoms with Crippen molar-refractivity contribution in [2.24, 2.45) is 0 Å². The quantitative estimate of drug-likeness (QED) is 0.460. The summed E-state index contributed by atoms with van der Waals surface area (Å²) in [4.78, 5) is 12.3. The van der Waals surface area contributed by atoms with Crippen LogP contribution in [0.15, 0.2) is 53.7 Å². The third-order valence-electron chi connectivity index (χ3n) is 4.02. The molecular weight excluding hydrogens is 431 g/mol. The third kappa shape index (κ3) is 5.65. The summed E-state index contributed by atoms with van der Waals surface area (Å²) in [5.74, 6) is 1.49. The molecule has 1 N–H and O–H groups in total. The van der Waals surface area contributed by atoms with Crippen LogP contribution in [0.5, 0.6) is 5.75 Å². The van der Waals surface area contributed by atoms with Crippen molar-refractivity contribution in [3.05, 3.63) is 64.4 Å². The number of nitrogens with zero attached hydrogens (tertiary/aromatic N) is 3. The number of anilines is 1. The molecule has 0 saturated heterocycles. The monoisotopic (exact) mass is 450 g/mol. The van der Waals surface area contributed by atoms with Crippen LogP contribution in [0.25, 0.3) is 0 Å². The number of para-hydroxylation sites is 1. The predicted molar refractivity (Wildman–Crippen MR) is 117 cm³/mol. The number of carbonyl (C=O) groups excluding carboxylic acids is 1. The van der Waals surface area contributed by atoms with Crippen LogP contribution in [0.2, 0.25) is 10.0 Å². The second-order valence-corrected chi connectivity index (χ2v) is 7.88. The number of rotatable bonds is 8. The van der Waals surface area contributed by atoms with Crippen molar-refractivity contribution in [1.82, 2.24) is 14.8 Å². The van der Waals surface area contributed by atoms with Crippen LogP contribution in [-0.4, -0.2) is 26.4 Å². The van der Waals surface area contributed by atoms with Gasteiger partial charge in [0.1, 0.15) is 5.75 Å². The molecule has 152 valence electrons. The Hall–Kier alpha value is -2.22. The van der Waals surface area contributed by atoms with E-state index in [1.165, 1.54) is 11.8 Å². The number of hydrogen-bond acceptors (Lipinski definition) is 5. The normalized spacial score (nSPS) is 11.9. The average molecular weight is 451 g/mol. The van der Waals surface area contributed by atoms with Gasteiger partial charge in [-0.25, -0.2) is 0 Å². The molecule has 0 bridgehead atoms. The van der Waals surface area contributed by atoms with Crippen LogP contribution < -0.4 is 10.1 Å². The molecular formula is C20H20Cl2N4O2S. The van der Waals surface area contributed by atoms with E-state index >= 15 is 0 Å². The maximum Gasteiger partial charge on any atom is 0.234 e. The average Bonchev–Trinajstić information content (AvgIpc) is 3.13. The SMILES string of the molecule is CCn1c(SCC(=O)Nc2ccc(Cl)c(Cl)c2)nnc1[C@H](C)Oc1ccccc1. The smallest absolute Gasteiger partial charge is 0.234 e. The van der Waals surface area contributed by atoms with Crippen molar-refractivity contribution in [2.45, 2.75) is 31.7 Å². The van der Waals surface area contributed by atoms with Gasteiger partial charge in [0.15, 0.2) is 17.1 Å². The molecule has 0 unspecified atom stereocenters. The van der Waals surface area contributed by atoms with E-state index in [0.29, 0.717) is 33.3 Å². The predicted octanol–water partition coefficient (Wildman–Crippen LogP) is 5.48. The van der Waals surface area contributed by atoms with Crippen molar-refractivity contribution in [1.29, 1.82) is 0 Å².